The molecule has 1 heteroatoms. The minimum Gasteiger partial charge on any atom is -0.0714 e. The molecule has 0 N–H and O–H groups in total. The van der Waals surface area contributed by atoms with Crippen molar-refractivity contribution >= 4 is 7.28 Å². The maximum Gasteiger partial charge on any atom is 0.117 e. The van der Waals surface area contributed by atoms with E-state index in [1.807, 2.05) is 0 Å². The number of hydrogen-bond donors (Lipinski definition) is 0. The minimum absolute atomic E-state index is 0.898. The second-order valence-electron chi connectivity index (χ2n) is 2.72. The van der Waals surface area contributed by atoms with E-state index >= 15 is 0 Å². The van der Waals surface area contributed by atoms with E-state index in [1.165, 1.54) is 12.8 Å². The zero-order valence-electron chi connectivity index (χ0n) is 5.15. The normalized spacial score (nSPS) is 40.9. The summed E-state index contributed by atoms with van der Waals surface area (Å²) in [5, 5.41) is 0. The number of hydrogen-bond acceptors (Lipinski definition) is 0. The van der Waals surface area contributed by atoms with Crippen LogP contribution in [-0.2, 0) is 0 Å². The highest BCUT2D eigenvalue weighted by Crippen LogP contribution is 2.30. The Morgan fingerprint density at radius 1 is 1.14 bits per heavy atom. The lowest BCUT2D eigenvalue weighted by Crippen LogP contribution is -1.91. The Morgan fingerprint density at radius 3 is 1.71 bits per heavy atom. The Morgan fingerprint density at radius 2 is 1.57 bits per heavy atom. The molecule has 39 valence electrons. The second-order valence-corrected chi connectivity index (χ2v) is 2.72. The summed E-state index contributed by atoms with van der Waals surface area (Å²) in [6.45, 7) is 4.59. The first-order chi connectivity index (χ1) is 3.29. The van der Waals surface area contributed by atoms with Gasteiger partial charge in [-0.1, -0.05) is 38.3 Å². The molecule has 0 aromatic carbocycles. The Balaban J connectivity index is 2.26. The Bertz CT molecular complexity index is 53.2. The third kappa shape index (κ3) is 1.22. The SMILES string of the molecule is CC1[B][C@H](C)CC1. The lowest BCUT2D eigenvalue weighted by Gasteiger charge is -1.93. The molecule has 1 aliphatic heterocycles. The zero-order chi connectivity index (χ0) is 5.28. The fourth-order valence-electron chi connectivity index (χ4n) is 1.28. The van der Waals surface area contributed by atoms with Gasteiger partial charge in [0, 0.05) is 0 Å². The van der Waals surface area contributed by atoms with E-state index in [9.17, 15) is 0 Å². The summed E-state index contributed by atoms with van der Waals surface area (Å²) in [7, 11) is 2.44. The van der Waals surface area contributed by atoms with E-state index in [0.29, 0.717) is 0 Å². The smallest absolute Gasteiger partial charge is 0.0714 e. The summed E-state index contributed by atoms with van der Waals surface area (Å²) in [6.07, 6.45) is 2.84. The highest BCUT2D eigenvalue weighted by Gasteiger charge is 2.17. The maximum atomic E-state index is 2.44. The molecule has 2 atom stereocenters. The molecule has 0 amide bonds. The molecule has 0 saturated carbocycles. The van der Waals surface area contributed by atoms with Crippen LogP contribution in [0.15, 0.2) is 0 Å². The highest BCUT2D eigenvalue weighted by molar-refractivity contribution is 6.40. The Kier molecular flexibility index (Phi) is 1.41. The van der Waals surface area contributed by atoms with Crippen LogP contribution in [0.3, 0.4) is 0 Å². The molecular weight excluding hydrogens is 82.9 g/mol. The van der Waals surface area contributed by atoms with Gasteiger partial charge in [0.15, 0.2) is 0 Å². The van der Waals surface area contributed by atoms with Crippen LogP contribution < -0.4 is 0 Å². The van der Waals surface area contributed by atoms with Crippen LogP contribution in [0.4, 0.5) is 0 Å². The summed E-state index contributed by atoms with van der Waals surface area (Å²) in [5.74, 6) is 1.80. The molecule has 0 aromatic rings. The van der Waals surface area contributed by atoms with Crippen molar-refractivity contribution in [2.75, 3.05) is 0 Å². The largest absolute Gasteiger partial charge is 0.117 e. The molecule has 0 nitrogen and oxygen atoms in total. The van der Waals surface area contributed by atoms with Crippen LogP contribution in [-0.4, -0.2) is 7.28 Å². The topological polar surface area (TPSA) is 0 Å². The molecule has 1 radical (unpaired) electrons. The molecule has 0 bridgehead atoms. The van der Waals surface area contributed by atoms with E-state index in [0.717, 1.165) is 11.6 Å². The van der Waals surface area contributed by atoms with Crippen LogP contribution in [0.5, 0.6) is 0 Å². The van der Waals surface area contributed by atoms with Crippen molar-refractivity contribution in [1.82, 2.24) is 0 Å². The summed E-state index contributed by atoms with van der Waals surface area (Å²) < 4.78 is 0. The van der Waals surface area contributed by atoms with E-state index in [1.54, 1.807) is 0 Å². The molecule has 1 aliphatic rings. The lowest BCUT2D eigenvalue weighted by atomic mass is 9.62. The van der Waals surface area contributed by atoms with Gasteiger partial charge < -0.3 is 0 Å². The maximum absolute atomic E-state index is 2.44. The van der Waals surface area contributed by atoms with Gasteiger partial charge in [0.1, 0.15) is 7.28 Å². The third-order valence-corrected chi connectivity index (χ3v) is 1.73. The molecule has 1 rings (SSSR count). The molecule has 1 heterocycles. The van der Waals surface area contributed by atoms with Crippen molar-refractivity contribution in [3.63, 3.8) is 0 Å². The molecule has 1 fully saturated rings. The average molecular weight is 95.0 g/mol. The molecule has 0 aromatic heterocycles. The van der Waals surface area contributed by atoms with Crippen molar-refractivity contribution in [2.24, 2.45) is 0 Å². The number of rotatable bonds is 0. The fourth-order valence-corrected chi connectivity index (χ4v) is 1.28. The Hall–Kier alpha value is 0.0649. The summed E-state index contributed by atoms with van der Waals surface area (Å²) in [5.41, 5.74) is 0. The van der Waals surface area contributed by atoms with Gasteiger partial charge in [-0.25, -0.2) is 0 Å². The molecular formula is C6H12B. The van der Waals surface area contributed by atoms with E-state index in [4.69, 9.17) is 0 Å². The first kappa shape index (κ1) is 5.21. The van der Waals surface area contributed by atoms with Gasteiger partial charge in [0.05, 0.1) is 0 Å². The minimum atomic E-state index is 0.898. The first-order valence-electron chi connectivity index (χ1n) is 3.14. The van der Waals surface area contributed by atoms with E-state index in [-0.39, 0.29) is 0 Å². The molecule has 0 aliphatic carbocycles. The van der Waals surface area contributed by atoms with Crippen molar-refractivity contribution < 1.29 is 0 Å². The lowest BCUT2D eigenvalue weighted by molar-refractivity contribution is 0.765. The molecule has 7 heavy (non-hydrogen) atoms. The van der Waals surface area contributed by atoms with Crippen molar-refractivity contribution in [2.45, 2.75) is 38.3 Å². The van der Waals surface area contributed by atoms with Gasteiger partial charge in [-0.05, 0) is 0 Å². The molecule has 0 spiro atoms. The van der Waals surface area contributed by atoms with Crippen molar-refractivity contribution in [3.8, 4) is 0 Å². The van der Waals surface area contributed by atoms with Gasteiger partial charge in [-0.2, -0.15) is 0 Å². The predicted octanol–water partition coefficient (Wildman–Crippen LogP) is 2.10. The predicted molar refractivity (Wildman–Crippen MR) is 33.8 cm³/mol. The zero-order valence-corrected chi connectivity index (χ0v) is 5.15. The van der Waals surface area contributed by atoms with Gasteiger partial charge in [-0.3, -0.25) is 0 Å². The molecule has 1 unspecified atom stereocenters. The van der Waals surface area contributed by atoms with Crippen LogP contribution in [0.2, 0.25) is 11.6 Å². The van der Waals surface area contributed by atoms with Crippen molar-refractivity contribution in [3.05, 3.63) is 0 Å². The van der Waals surface area contributed by atoms with Gasteiger partial charge in [0.25, 0.3) is 0 Å². The second kappa shape index (κ2) is 1.89. The standard InChI is InChI=1S/C6H12B/c1-5-3-4-6(2)7-5/h5-6H,3-4H2,1-2H3/t5-,6?/m1/s1. The monoisotopic (exact) mass is 95.1 g/mol. The first-order valence-corrected chi connectivity index (χ1v) is 3.14. The third-order valence-electron chi connectivity index (χ3n) is 1.73. The average Bonchev–Trinajstić information content (AvgIpc) is 1.87. The van der Waals surface area contributed by atoms with Crippen LogP contribution in [0.25, 0.3) is 0 Å². The van der Waals surface area contributed by atoms with Crippen LogP contribution >= 0.6 is 0 Å². The fraction of sp³-hybridized carbons (Fsp3) is 1.00. The van der Waals surface area contributed by atoms with Gasteiger partial charge >= 0.3 is 0 Å². The summed E-state index contributed by atoms with van der Waals surface area (Å²) in [4.78, 5) is 0. The van der Waals surface area contributed by atoms with Crippen LogP contribution in [0, 0.1) is 0 Å². The molecule has 1 saturated heterocycles. The van der Waals surface area contributed by atoms with Crippen LogP contribution in [0.1, 0.15) is 26.7 Å². The van der Waals surface area contributed by atoms with Crippen molar-refractivity contribution in [1.29, 1.82) is 0 Å². The summed E-state index contributed by atoms with van der Waals surface area (Å²) >= 11 is 0. The van der Waals surface area contributed by atoms with E-state index in [2.05, 4.69) is 21.1 Å². The summed E-state index contributed by atoms with van der Waals surface area (Å²) in [6, 6.07) is 0. The van der Waals surface area contributed by atoms with Gasteiger partial charge in [0.2, 0.25) is 0 Å². The van der Waals surface area contributed by atoms with E-state index < -0.39 is 0 Å². The highest BCUT2D eigenvalue weighted by atomic mass is 14.1. The Labute approximate surface area is 46.5 Å². The quantitative estimate of drug-likeness (QED) is 0.404. The van der Waals surface area contributed by atoms with Gasteiger partial charge in [-0.15, -0.1) is 0 Å².